The molecule has 1 amide bonds. The van der Waals surface area contributed by atoms with Gasteiger partial charge in [0, 0.05) is 23.5 Å². The van der Waals surface area contributed by atoms with E-state index in [1.807, 2.05) is 6.92 Å². The first-order chi connectivity index (χ1) is 11.4. The van der Waals surface area contributed by atoms with Crippen molar-refractivity contribution in [3.8, 4) is 11.3 Å². The summed E-state index contributed by atoms with van der Waals surface area (Å²) in [5, 5.41) is 0.231. The number of nitrogens with one attached hydrogen (secondary N) is 1. The highest BCUT2D eigenvalue weighted by molar-refractivity contribution is 6.03. The van der Waals surface area contributed by atoms with Crippen LogP contribution < -0.4 is 11.2 Å². The van der Waals surface area contributed by atoms with Crippen molar-refractivity contribution in [2.45, 2.75) is 27.2 Å². The number of aromatic nitrogens is 2. The Hall–Kier alpha value is -2.95. The summed E-state index contributed by atoms with van der Waals surface area (Å²) in [7, 11) is 0. The third-order valence-corrected chi connectivity index (χ3v) is 4.33. The highest BCUT2D eigenvalue weighted by atomic mass is 16.1. The molecular formula is C19H19N3O2. The van der Waals surface area contributed by atoms with Crippen LogP contribution in [0.5, 0.6) is 0 Å². The van der Waals surface area contributed by atoms with Gasteiger partial charge in [-0.1, -0.05) is 13.0 Å². The van der Waals surface area contributed by atoms with Crippen LogP contribution in [-0.2, 0) is 6.42 Å². The third kappa shape index (κ3) is 2.58. The number of benzene rings is 1. The van der Waals surface area contributed by atoms with E-state index < -0.39 is 5.91 Å². The molecule has 0 spiro atoms. The number of pyridine rings is 2. The van der Waals surface area contributed by atoms with E-state index in [9.17, 15) is 9.59 Å². The summed E-state index contributed by atoms with van der Waals surface area (Å²) >= 11 is 0. The van der Waals surface area contributed by atoms with Crippen LogP contribution in [-0.4, -0.2) is 15.9 Å². The number of nitrogens with zero attached hydrogens (tertiary/aromatic N) is 1. The van der Waals surface area contributed by atoms with Crippen LogP contribution in [0.3, 0.4) is 0 Å². The molecule has 0 radical (unpaired) electrons. The number of amides is 1. The lowest BCUT2D eigenvalue weighted by Gasteiger charge is -2.12. The predicted octanol–water partition coefficient (Wildman–Crippen LogP) is 2.87. The molecule has 2 heterocycles. The molecule has 3 aromatic rings. The number of fused-ring (bicyclic) bond motifs is 1. The molecule has 0 fully saturated rings. The number of primary amides is 1. The molecule has 5 nitrogen and oxygen atoms in total. The van der Waals surface area contributed by atoms with Gasteiger partial charge in [0.2, 0.25) is 0 Å². The van der Waals surface area contributed by atoms with E-state index in [4.69, 9.17) is 5.73 Å². The first kappa shape index (κ1) is 15.9. The van der Waals surface area contributed by atoms with Gasteiger partial charge >= 0.3 is 0 Å². The highest BCUT2D eigenvalue weighted by Crippen LogP contribution is 2.26. The normalized spacial score (nSPS) is 11.0. The smallest absolute Gasteiger partial charge is 0.268 e. The summed E-state index contributed by atoms with van der Waals surface area (Å²) in [6.45, 7) is 6.21. The van der Waals surface area contributed by atoms with E-state index in [2.05, 4.69) is 35.9 Å². The molecule has 3 rings (SSSR count). The van der Waals surface area contributed by atoms with Gasteiger partial charge in [-0.25, -0.2) is 0 Å². The second kappa shape index (κ2) is 5.92. The van der Waals surface area contributed by atoms with Crippen LogP contribution in [0.1, 0.15) is 34.1 Å². The van der Waals surface area contributed by atoms with Crippen LogP contribution in [0, 0.1) is 13.8 Å². The van der Waals surface area contributed by atoms with Crippen LogP contribution in [0.15, 0.2) is 35.3 Å². The Balaban J connectivity index is 2.30. The zero-order valence-electron chi connectivity index (χ0n) is 13.9. The SMILES string of the molecule is CCc1cc(-c2cc(=O)c3c(C(N)=O)nccc3[nH]2)c(C)cc1C. The number of H-pyrrole nitrogens is 1. The molecule has 122 valence electrons. The van der Waals surface area contributed by atoms with Crippen molar-refractivity contribution in [2.24, 2.45) is 5.73 Å². The number of nitrogens with two attached hydrogens (primary N) is 1. The minimum Gasteiger partial charge on any atom is -0.364 e. The van der Waals surface area contributed by atoms with E-state index >= 15 is 0 Å². The van der Waals surface area contributed by atoms with E-state index in [1.165, 1.54) is 23.4 Å². The first-order valence-corrected chi connectivity index (χ1v) is 7.84. The Morgan fingerprint density at radius 2 is 1.96 bits per heavy atom. The average molecular weight is 321 g/mol. The predicted molar refractivity (Wildman–Crippen MR) is 95.2 cm³/mol. The molecule has 5 heteroatoms. The highest BCUT2D eigenvalue weighted by Gasteiger charge is 2.14. The molecule has 0 aliphatic heterocycles. The van der Waals surface area contributed by atoms with Gasteiger partial charge in [-0.05, 0) is 49.1 Å². The summed E-state index contributed by atoms with van der Waals surface area (Å²) in [6, 6.07) is 7.42. The topological polar surface area (TPSA) is 88.8 Å². The fraction of sp³-hybridized carbons (Fsp3) is 0.211. The second-order valence-electron chi connectivity index (χ2n) is 5.94. The minimum absolute atomic E-state index is 0.00447. The molecule has 0 atom stereocenters. The van der Waals surface area contributed by atoms with Crippen LogP contribution >= 0.6 is 0 Å². The molecule has 3 N–H and O–H groups in total. The molecule has 24 heavy (non-hydrogen) atoms. The monoisotopic (exact) mass is 321 g/mol. The third-order valence-electron chi connectivity index (χ3n) is 4.33. The number of hydrogen-bond donors (Lipinski definition) is 2. The largest absolute Gasteiger partial charge is 0.364 e. The maximum atomic E-state index is 12.6. The van der Waals surface area contributed by atoms with Gasteiger partial charge in [-0.15, -0.1) is 0 Å². The number of carbonyl (C=O) groups is 1. The zero-order valence-corrected chi connectivity index (χ0v) is 13.9. The van der Waals surface area contributed by atoms with Crippen molar-refractivity contribution in [3.63, 3.8) is 0 Å². The summed E-state index contributed by atoms with van der Waals surface area (Å²) < 4.78 is 0. The number of rotatable bonds is 3. The zero-order chi connectivity index (χ0) is 17.4. The van der Waals surface area contributed by atoms with Gasteiger partial charge in [-0.3, -0.25) is 14.6 Å². The Morgan fingerprint density at radius 1 is 1.21 bits per heavy atom. The van der Waals surface area contributed by atoms with Gasteiger partial charge in [0.15, 0.2) is 5.43 Å². The molecule has 0 saturated heterocycles. The van der Waals surface area contributed by atoms with E-state index in [0.717, 1.165) is 23.2 Å². The summed E-state index contributed by atoms with van der Waals surface area (Å²) in [6.07, 6.45) is 2.40. The molecule has 0 saturated carbocycles. The standard InChI is InChI=1S/C19H19N3O2/c1-4-12-8-13(11(3)7-10(12)2)15-9-16(23)17-14(22-15)5-6-21-18(17)19(20)24/h5-9H,4H2,1-3H3,(H2,20,24)(H,22,23). The van der Waals surface area contributed by atoms with Crippen molar-refractivity contribution in [1.29, 1.82) is 0 Å². The maximum absolute atomic E-state index is 12.6. The number of aryl methyl sites for hydroxylation is 3. The molecule has 0 bridgehead atoms. The van der Waals surface area contributed by atoms with Crippen molar-refractivity contribution in [1.82, 2.24) is 9.97 Å². The van der Waals surface area contributed by atoms with E-state index in [-0.39, 0.29) is 16.5 Å². The van der Waals surface area contributed by atoms with Crippen LogP contribution in [0.4, 0.5) is 0 Å². The Kier molecular flexibility index (Phi) is 3.93. The number of carbonyl (C=O) groups excluding carboxylic acids is 1. The molecule has 0 aliphatic rings. The van der Waals surface area contributed by atoms with Gasteiger partial charge in [-0.2, -0.15) is 0 Å². The van der Waals surface area contributed by atoms with Crippen LogP contribution in [0.25, 0.3) is 22.2 Å². The number of hydrogen-bond acceptors (Lipinski definition) is 3. The van der Waals surface area contributed by atoms with E-state index in [1.54, 1.807) is 6.07 Å². The minimum atomic E-state index is -0.710. The molecular weight excluding hydrogens is 302 g/mol. The molecule has 1 aromatic carbocycles. The van der Waals surface area contributed by atoms with Gasteiger partial charge in [0.25, 0.3) is 5.91 Å². The Labute approximate surface area is 139 Å². The lowest BCUT2D eigenvalue weighted by Crippen LogP contribution is -2.17. The molecule has 2 aromatic heterocycles. The summed E-state index contributed by atoms with van der Waals surface area (Å²) in [5.41, 5.74) is 10.9. The first-order valence-electron chi connectivity index (χ1n) is 7.84. The van der Waals surface area contributed by atoms with Gasteiger partial charge in [0.05, 0.1) is 10.9 Å². The lowest BCUT2D eigenvalue weighted by molar-refractivity contribution is 0.0997. The van der Waals surface area contributed by atoms with Gasteiger partial charge in [0.1, 0.15) is 5.69 Å². The maximum Gasteiger partial charge on any atom is 0.268 e. The quantitative estimate of drug-likeness (QED) is 0.777. The lowest BCUT2D eigenvalue weighted by atomic mass is 9.96. The average Bonchev–Trinajstić information content (AvgIpc) is 2.54. The molecule has 0 aliphatic carbocycles. The molecule has 0 unspecified atom stereocenters. The second-order valence-corrected chi connectivity index (χ2v) is 5.94. The van der Waals surface area contributed by atoms with Crippen molar-refractivity contribution in [3.05, 3.63) is 63.1 Å². The number of aromatic amines is 1. The van der Waals surface area contributed by atoms with Gasteiger partial charge < -0.3 is 10.7 Å². The van der Waals surface area contributed by atoms with Crippen molar-refractivity contribution >= 4 is 16.8 Å². The fourth-order valence-corrected chi connectivity index (χ4v) is 3.10. The fourth-order valence-electron chi connectivity index (χ4n) is 3.10. The Bertz CT molecular complexity index is 1020. The van der Waals surface area contributed by atoms with Crippen molar-refractivity contribution < 1.29 is 4.79 Å². The summed E-state index contributed by atoms with van der Waals surface area (Å²) in [5.74, 6) is -0.710. The van der Waals surface area contributed by atoms with Crippen molar-refractivity contribution in [2.75, 3.05) is 0 Å². The van der Waals surface area contributed by atoms with Crippen LogP contribution in [0.2, 0.25) is 0 Å². The summed E-state index contributed by atoms with van der Waals surface area (Å²) in [4.78, 5) is 31.2. The Morgan fingerprint density at radius 3 is 2.62 bits per heavy atom. The van der Waals surface area contributed by atoms with E-state index in [0.29, 0.717) is 5.52 Å².